The number of carboxylic acid groups (broad SMARTS) is 1. The Labute approximate surface area is 70.8 Å². The summed E-state index contributed by atoms with van der Waals surface area (Å²) in [4.78, 5) is 22.3. The van der Waals surface area contributed by atoms with E-state index in [1.807, 2.05) is 0 Å². The monoisotopic (exact) mass is 168 g/mol. The largest absolute Gasteiger partial charge is 0.481 e. The molecule has 0 spiro atoms. The molecule has 0 saturated heterocycles. The topological polar surface area (TPSA) is 54.4 Å². The number of rotatable bonds is 1. The summed E-state index contributed by atoms with van der Waals surface area (Å²) in [6.07, 6.45) is 2.18. The Balaban J connectivity index is 2.38. The molecular formula is C9H12O3. The van der Waals surface area contributed by atoms with Gasteiger partial charge in [0.2, 0.25) is 0 Å². The summed E-state index contributed by atoms with van der Waals surface area (Å²) < 4.78 is 0. The molecule has 3 nitrogen and oxygen atoms in total. The molecule has 66 valence electrons. The smallest absolute Gasteiger partial charge is 0.307 e. The second kappa shape index (κ2) is 2.09. The van der Waals surface area contributed by atoms with Crippen LogP contribution in [0.4, 0.5) is 0 Å². The van der Waals surface area contributed by atoms with Crippen molar-refractivity contribution in [3.8, 4) is 0 Å². The van der Waals surface area contributed by atoms with E-state index in [1.165, 1.54) is 0 Å². The average Bonchev–Trinajstić information content (AvgIpc) is 2.38. The molecule has 0 aliphatic heterocycles. The number of Topliss-reactive ketones (excluding diaryl/α,β-unsaturated/α-hetero) is 1. The molecule has 0 amide bonds. The van der Waals surface area contributed by atoms with Crippen LogP contribution in [0.1, 0.15) is 26.2 Å². The first-order valence-corrected chi connectivity index (χ1v) is 4.32. The third-order valence-corrected chi connectivity index (χ3v) is 3.54. The Morgan fingerprint density at radius 1 is 1.67 bits per heavy atom. The Morgan fingerprint density at radius 2 is 2.33 bits per heavy atom. The molecule has 2 saturated carbocycles. The highest BCUT2D eigenvalue weighted by Gasteiger charge is 2.59. The number of carbonyl (C=O) groups is 2. The molecule has 12 heavy (non-hydrogen) atoms. The van der Waals surface area contributed by atoms with Gasteiger partial charge in [-0.15, -0.1) is 0 Å². The zero-order chi connectivity index (χ0) is 8.93. The van der Waals surface area contributed by atoms with Crippen LogP contribution in [0.3, 0.4) is 0 Å². The van der Waals surface area contributed by atoms with Crippen LogP contribution in [0.2, 0.25) is 0 Å². The van der Waals surface area contributed by atoms with E-state index in [4.69, 9.17) is 5.11 Å². The van der Waals surface area contributed by atoms with Crippen LogP contribution in [-0.4, -0.2) is 16.9 Å². The molecule has 1 N–H and O–H groups in total. The van der Waals surface area contributed by atoms with Gasteiger partial charge in [0.1, 0.15) is 5.78 Å². The van der Waals surface area contributed by atoms with Crippen molar-refractivity contribution in [2.24, 2.45) is 17.3 Å². The Morgan fingerprint density at radius 3 is 2.58 bits per heavy atom. The van der Waals surface area contributed by atoms with E-state index in [0.717, 1.165) is 12.8 Å². The van der Waals surface area contributed by atoms with E-state index in [9.17, 15) is 9.59 Å². The predicted molar refractivity (Wildman–Crippen MR) is 41.6 cm³/mol. The Kier molecular flexibility index (Phi) is 1.35. The first kappa shape index (κ1) is 7.77. The first-order valence-electron chi connectivity index (χ1n) is 4.32. The first-order chi connectivity index (χ1) is 5.55. The number of fused-ring (bicyclic) bond motifs is 2. The molecule has 2 rings (SSSR count). The third-order valence-electron chi connectivity index (χ3n) is 3.54. The van der Waals surface area contributed by atoms with E-state index >= 15 is 0 Å². The third kappa shape index (κ3) is 0.713. The van der Waals surface area contributed by atoms with Crippen LogP contribution in [0.25, 0.3) is 0 Å². The van der Waals surface area contributed by atoms with Crippen LogP contribution < -0.4 is 0 Å². The summed E-state index contributed by atoms with van der Waals surface area (Å²) >= 11 is 0. The molecule has 3 heteroatoms. The zero-order valence-corrected chi connectivity index (χ0v) is 7.04. The highest BCUT2D eigenvalue weighted by molar-refractivity contribution is 5.94. The summed E-state index contributed by atoms with van der Waals surface area (Å²) in [6, 6.07) is 0. The molecule has 2 bridgehead atoms. The lowest BCUT2D eigenvalue weighted by Crippen LogP contribution is -2.31. The van der Waals surface area contributed by atoms with Crippen molar-refractivity contribution in [1.82, 2.24) is 0 Å². The van der Waals surface area contributed by atoms with Crippen LogP contribution in [-0.2, 0) is 9.59 Å². The minimum Gasteiger partial charge on any atom is -0.481 e. The van der Waals surface area contributed by atoms with Gasteiger partial charge in [-0.3, -0.25) is 9.59 Å². The minimum absolute atomic E-state index is 0.125. The summed E-state index contributed by atoms with van der Waals surface area (Å²) in [5, 5.41) is 8.92. The van der Waals surface area contributed by atoms with Crippen LogP contribution in [0.15, 0.2) is 0 Å². The number of carbonyl (C=O) groups excluding carboxylic acids is 1. The van der Waals surface area contributed by atoms with Gasteiger partial charge in [-0.05, 0) is 18.8 Å². The fourth-order valence-corrected chi connectivity index (χ4v) is 2.81. The Hall–Kier alpha value is -0.860. The second-order valence-corrected chi connectivity index (χ2v) is 4.16. The van der Waals surface area contributed by atoms with Gasteiger partial charge in [0.25, 0.3) is 0 Å². The van der Waals surface area contributed by atoms with Crippen molar-refractivity contribution in [1.29, 1.82) is 0 Å². The standard InChI is InChI=1S/C9H12O3/c1-9-3-2-5(4-6(9)10)7(9)8(11)12/h5,7H,2-4H2,1H3,(H,11,12)/t5-,7-,9+/m0/s1. The number of carboxylic acids is 1. The number of ketones is 1. The molecular weight excluding hydrogens is 156 g/mol. The van der Waals surface area contributed by atoms with E-state index < -0.39 is 17.3 Å². The molecule has 0 heterocycles. The van der Waals surface area contributed by atoms with Crippen molar-refractivity contribution >= 4 is 11.8 Å². The summed E-state index contributed by atoms with van der Waals surface area (Å²) in [5.41, 5.74) is -0.531. The van der Waals surface area contributed by atoms with E-state index in [0.29, 0.717) is 6.42 Å². The summed E-state index contributed by atoms with van der Waals surface area (Å²) in [7, 11) is 0. The quantitative estimate of drug-likeness (QED) is 0.637. The maximum atomic E-state index is 11.4. The van der Waals surface area contributed by atoms with Gasteiger partial charge in [0.05, 0.1) is 5.92 Å². The van der Waals surface area contributed by atoms with Crippen molar-refractivity contribution in [3.63, 3.8) is 0 Å². The van der Waals surface area contributed by atoms with E-state index in [1.54, 1.807) is 6.92 Å². The lowest BCUT2D eigenvalue weighted by molar-refractivity contribution is -0.147. The van der Waals surface area contributed by atoms with Gasteiger partial charge in [-0.2, -0.15) is 0 Å². The molecule has 0 radical (unpaired) electrons. The van der Waals surface area contributed by atoms with Crippen molar-refractivity contribution in [2.75, 3.05) is 0 Å². The highest BCUT2D eigenvalue weighted by Crippen LogP contribution is 2.55. The van der Waals surface area contributed by atoms with Gasteiger partial charge >= 0.3 is 5.97 Å². The van der Waals surface area contributed by atoms with E-state index in [2.05, 4.69) is 0 Å². The van der Waals surface area contributed by atoms with Gasteiger partial charge in [-0.1, -0.05) is 6.92 Å². The highest BCUT2D eigenvalue weighted by atomic mass is 16.4. The van der Waals surface area contributed by atoms with Crippen molar-refractivity contribution < 1.29 is 14.7 Å². The average molecular weight is 168 g/mol. The number of hydrogen-bond acceptors (Lipinski definition) is 2. The molecule has 0 unspecified atom stereocenters. The van der Waals surface area contributed by atoms with Crippen molar-refractivity contribution in [3.05, 3.63) is 0 Å². The maximum absolute atomic E-state index is 11.4. The molecule has 2 fully saturated rings. The minimum atomic E-state index is -0.786. The maximum Gasteiger partial charge on any atom is 0.307 e. The molecule has 3 atom stereocenters. The molecule has 0 aromatic heterocycles. The molecule has 2 aliphatic rings. The fourth-order valence-electron chi connectivity index (χ4n) is 2.81. The second-order valence-electron chi connectivity index (χ2n) is 4.16. The van der Waals surface area contributed by atoms with Gasteiger partial charge in [0, 0.05) is 11.8 Å². The summed E-state index contributed by atoms with van der Waals surface area (Å²) in [5.74, 6) is -0.901. The lowest BCUT2D eigenvalue weighted by Gasteiger charge is -2.21. The van der Waals surface area contributed by atoms with Gasteiger partial charge in [-0.25, -0.2) is 0 Å². The van der Waals surface area contributed by atoms with Crippen LogP contribution in [0, 0.1) is 17.3 Å². The SMILES string of the molecule is C[C@@]12CC[C@@H](CC1=O)[C@H]2C(=O)O. The van der Waals surface area contributed by atoms with Crippen LogP contribution >= 0.6 is 0 Å². The number of aliphatic carboxylic acids is 1. The van der Waals surface area contributed by atoms with Gasteiger partial charge in [0.15, 0.2) is 0 Å². The van der Waals surface area contributed by atoms with Crippen molar-refractivity contribution in [2.45, 2.75) is 26.2 Å². The molecule has 0 aromatic carbocycles. The molecule has 0 aromatic rings. The van der Waals surface area contributed by atoms with Gasteiger partial charge < -0.3 is 5.11 Å². The zero-order valence-electron chi connectivity index (χ0n) is 7.04. The fraction of sp³-hybridized carbons (Fsp3) is 0.778. The van der Waals surface area contributed by atoms with Crippen LogP contribution in [0.5, 0.6) is 0 Å². The van der Waals surface area contributed by atoms with E-state index in [-0.39, 0.29) is 11.7 Å². The normalized spacial score (nSPS) is 45.2. The predicted octanol–water partition coefficient (Wildman–Crippen LogP) is 1.08. The lowest BCUT2D eigenvalue weighted by atomic mass is 9.80. The molecule has 2 aliphatic carbocycles. The Bertz CT molecular complexity index is 258. The number of hydrogen-bond donors (Lipinski definition) is 1. The summed E-state index contributed by atoms with van der Waals surface area (Å²) in [6.45, 7) is 1.81.